The van der Waals surface area contributed by atoms with E-state index in [0.717, 1.165) is 39.6 Å². The maximum absolute atomic E-state index is 5.56. The lowest BCUT2D eigenvalue weighted by Gasteiger charge is -2.10. The lowest BCUT2D eigenvalue weighted by Crippen LogP contribution is -2.13. The highest BCUT2D eigenvalue weighted by Crippen LogP contribution is 2.34. The first-order chi connectivity index (χ1) is 9.19. The Balaban J connectivity index is 2.15. The summed E-state index contributed by atoms with van der Waals surface area (Å²) < 4.78 is 0. The van der Waals surface area contributed by atoms with Crippen LogP contribution in [0.25, 0.3) is 11.5 Å². The number of nitrogens with zero attached hydrogens (tertiary/aromatic N) is 3. The molecule has 6 heteroatoms. The van der Waals surface area contributed by atoms with Gasteiger partial charge in [-0.2, -0.15) is 11.8 Å². The Morgan fingerprint density at radius 2 is 2.11 bits per heavy atom. The Kier molecular flexibility index (Phi) is 3.12. The van der Waals surface area contributed by atoms with Gasteiger partial charge in [0.1, 0.15) is 11.5 Å². The molecule has 0 atom stereocenters. The Morgan fingerprint density at radius 3 is 2.84 bits per heavy atom. The SMILES string of the molecule is Cc1cnc(-c2nc3c(c(NN)n2)CSC3)c(C)c1. The number of nitrogen functional groups attached to an aromatic ring is 1. The highest BCUT2D eigenvalue weighted by Gasteiger charge is 2.20. The summed E-state index contributed by atoms with van der Waals surface area (Å²) in [7, 11) is 0. The lowest BCUT2D eigenvalue weighted by atomic mass is 10.1. The van der Waals surface area contributed by atoms with Crippen molar-refractivity contribution in [3.05, 3.63) is 34.6 Å². The molecule has 5 nitrogen and oxygen atoms in total. The minimum atomic E-state index is 0.645. The number of thioether (sulfide) groups is 1. The molecule has 19 heavy (non-hydrogen) atoms. The topological polar surface area (TPSA) is 76.7 Å². The second-order valence-corrected chi connectivity index (χ2v) is 5.62. The van der Waals surface area contributed by atoms with Crippen molar-refractivity contribution < 1.29 is 0 Å². The average molecular weight is 273 g/mol. The van der Waals surface area contributed by atoms with E-state index in [0.29, 0.717) is 11.6 Å². The van der Waals surface area contributed by atoms with Crippen LogP contribution in [0.5, 0.6) is 0 Å². The van der Waals surface area contributed by atoms with E-state index in [2.05, 4.69) is 26.4 Å². The summed E-state index contributed by atoms with van der Waals surface area (Å²) in [5.74, 6) is 8.74. The molecular formula is C13H15N5S. The van der Waals surface area contributed by atoms with Crippen molar-refractivity contribution in [1.29, 1.82) is 0 Å². The Labute approximate surface area is 116 Å². The summed E-state index contributed by atoms with van der Waals surface area (Å²) in [5.41, 5.74) is 7.88. The summed E-state index contributed by atoms with van der Waals surface area (Å²) in [6.07, 6.45) is 1.84. The monoisotopic (exact) mass is 273 g/mol. The minimum absolute atomic E-state index is 0.645. The van der Waals surface area contributed by atoms with Crippen LogP contribution in [0.3, 0.4) is 0 Å². The van der Waals surface area contributed by atoms with E-state index in [4.69, 9.17) is 5.84 Å². The number of nitrogens with two attached hydrogens (primary N) is 1. The molecule has 2 aromatic rings. The second-order valence-electron chi connectivity index (χ2n) is 4.64. The van der Waals surface area contributed by atoms with Gasteiger partial charge in [-0.3, -0.25) is 4.98 Å². The number of hydrogen-bond donors (Lipinski definition) is 2. The van der Waals surface area contributed by atoms with E-state index in [1.54, 1.807) is 0 Å². The summed E-state index contributed by atoms with van der Waals surface area (Å²) >= 11 is 1.82. The molecule has 0 fully saturated rings. The van der Waals surface area contributed by atoms with Crippen LogP contribution in [0.1, 0.15) is 22.4 Å². The van der Waals surface area contributed by atoms with Crippen molar-refractivity contribution in [2.75, 3.05) is 5.43 Å². The molecule has 0 amide bonds. The van der Waals surface area contributed by atoms with Crippen LogP contribution >= 0.6 is 11.8 Å². The third-order valence-electron chi connectivity index (χ3n) is 3.14. The standard InChI is InChI=1S/C13H15N5S/c1-7-3-8(2)11(15-4-7)13-16-10-6-19-5-9(10)12(17-13)18-14/h3-4H,5-6,14H2,1-2H3,(H,16,17,18). The van der Waals surface area contributed by atoms with Gasteiger partial charge < -0.3 is 5.43 Å². The van der Waals surface area contributed by atoms with Gasteiger partial charge in [-0.1, -0.05) is 6.07 Å². The van der Waals surface area contributed by atoms with E-state index < -0.39 is 0 Å². The van der Waals surface area contributed by atoms with Crippen LogP contribution in [-0.4, -0.2) is 15.0 Å². The average Bonchev–Trinajstić information content (AvgIpc) is 2.85. The Hall–Kier alpha value is -1.66. The van der Waals surface area contributed by atoms with Gasteiger partial charge in [0, 0.05) is 23.3 Å². The Morgan fingerprint density at radius 1 is 1.26 bits per heavy atom. The van der Waals surface area contributed by atoms with Crippen LogP contribution in [0, 0.1) is 13.8 Å². The second kappa shape index (κ2) is 4.79. The summed E-state index contributed by atoms with van der Waals surface area (Å²) in [5, 5.41) is 0. The molecule has 0 aromatic carbocycles. The highest BCUT2D eigenvalue weighted by molar-refractivity contribution is 7.98. The van der Waals surface area contributed by atoms with Crippen LogP contribution in [-0.2, 0) is 11.5 Å². The van der Waals surface area contributed by atoms with Crippen LogP contribution in [0.4, 0.5) is 5.82 Å². The number of nitrogens with one attached hydrogen (secondary N) is 1. The van der Waals surface area contributed by atoms with Crippen molar-refractivity contribution in [2.45, 2.75) is 25.4 Å². The number of aryl methyl sites for hydroxylation is 2. The van der Waals surface area contributed by atoms with E-state index >= 15 is 0 Å². The van der Waals surface area contributed by atoms with Crippen molar-refractivity contribution in [3.8, 4) is 11.5 Å². The molecule has 0 spiro atoms. The number of rotatable bonds is 2. The molecule has 0 saturated heterocycles. The molecule has 1 aliphatic rings. The highest BCUT2D eigenvalue weighted by atomic mass is 32.2. The number of hydrazine groups is 1. The maximum atomic E-state index is 5.56. The number of fused-ring (bicyclic) bond motifs is 1. The molecule has 0 saturated carbocycles. The zero-order chi connectivity index (χ0) is 13.4. The van der Waals surface area contributed by atoms with Crippen molar-refractivity contribution in [1.82, 2.24) is 15.0 Å². The van der Waals surface area contributed by atoms with Gasteiger partial charge in [-0.15, -0.1) is 0 Å². The summed E-state index contributed by atoms with van der Waals surface area (Å²) in [6, 6.07) is 2.09. The van der Waals surface area contributed by atoms with Crippen LogP contribution in [0.15, 0.2) is 12.3 Å². The molecule has 2 aromatic heterocycles. The molecule has 98 valence electrons. The van der Waals surface area contributed by atoms with Gasteiger partial charge in [-0.25, -0.2) is 15.8 Å². The van der Waals surface area contributed by atoms with Crippen LogP contribution < -0.4 is 11.3 Å². The predicted octanol–water partition coefficient (Wildman–Crippen LogP) is 2.19. The smallest absolute Gasteiger partial charge is 0.180 e. The number of hydrogen-bond acceptors (Lipinski definition) is 6. The molecule has 0 bridgehead atoms. The number of aromatic nitrogens is 3. The third-order valence-corrected chi connectivity index (χ3v) is 4.11. The normalized spacial score (nSPS) is 13.4. The molecule has 3 N–H and O–H groups in total. The van der Waals surface area contributed by atoms with Gasteiger partial charge >= 0.3 is 0 Å². The molecule has 0 radical (unpaired) electrons. The molecule has 1 aliphatic heterocycles. The lowest BCUT2D eigenvalue weighted by molar-refractivity contribution is 1.04. The minimum Gasteiger partial charge on any atom is -0.308 e. The molecule has 3 rings (SSSR count). The van der Waals surface area contributed by atoms with Gasteiger partial charge in [0.25, 0.3) is 0 Å². The zero-order valence-corrected chi connectivity index (χ0v) is 11.7. The third kappa shape index (κ3) is 2.17. The number of pyridine rings is 1. The zero-order valence-electron chi connectivity index (χ0n) is 10.9. The van der Waals surface area contributed by atoms with E-state index in [9.17, 15) is 0 Å². The summed E-state index contributed by atoms with van der Waals surface area (Å²) in [4.78, 5) is 13.6. The first kappa shape index (κ1) is 12.4. The molecule has 0 unspecified atom stereocenters. The van der Waals surface area contributed by atoms with Gasteiger partial charge in [0.2, 0.25) is 0 Å². The fourth-order valence-electron chi connectivity index (χ4n) is 2.23. The van der Waals surface area contributed by atoms with Gasteiger partial charge in [0.15, 0.2) is 5.82 Å². The van der Waals surface area contributed by atoms with Crippen molar-refractivity contribution in [2.24, 2.45) is 5.84 Å². The summed E-state index contributed by atoms with van der Waals surface area (Å²) in [6.45, 7) is 4.05. The van der Waals surface area contributed by atoms with E-state index in [1.165, 1.54) is 0 Å². The molecule has 3 heterocycles. The largest absolute Gasteiger partial charge is 0.308 e. The van der Waals surface area contributed by atoms with Crippen LogP contribution in [0.2, 0.25) is 0 Å². The Bertz CT molecular complexity index is 641. The first-order valence-corrected chi connectivity index (χ1v) is 7.22. The van der Waals surface area contributed by atoms with Gasteiger partial charge in [0.05, 0.1) is 5.69 Å². The number of anilines is 1. The molecule has 0 aliphatic carbocycles. The quantitative estimate of drug-likeness (QED) is 0.645. The van der Waals surface area contributed by atoms with Crippen molar-refractivity contribution in [3.63, 3.8) is 0 Å². The fraction of sp³-hybridized carbons (Fsp3) is 0.308. The first-order valence-electron chi connectivity index (χ1n) is 6.07. The van der Waals surface area contributed by atoms with E-state index in [1.807, 2.05) is 31.8 Å². The predicted molar refractivity (Wildman–Crippen MR) is 77.5 cm³/mol. The fourth-order valence-corrected chi connectivity index (χ4v) is 3.27. The molecular weight excluding hydrogens is 258 g/mol. The van der Waals surface area contributed by atoms with Crippen molar-refractivity contribution >= 4 is 17.6 Å². The maximum Gasteiger partial charge on any atom is 0.180 e. The van der Waals surface area contributed by atoms with E-state index in [-0.39, 0.29) is 0 Å². The van der Waals surface area contributed by atoms with Gasteiger partial charge in [-0.05, 0) is 25.0 Å².